The third-order valence-electron chi connectivity index (χ3n) is 4.91. The van der Waals surface area contributed by atoms with Crippen molar-refractivity contribution in [3.05, 3.63) is 12.2 Å². The molecule has 116 valence electrons. The zero-order valence-corrected chi connectivity index (χ0v) is 12.8. The van der Waals surface area contributed by atoms with Crippen molar-refractivity contribution in [3.8, 4) is 0 Å². The molecule has 0 spiro atoms. The van der Waals surface area contributed by atoms with Gasteiger partial charge in [0.05, 0.1) is 0 Å². The van der Waals surface area contributed by atoms with Gasteiger partial charge in [0.2, 0.25) is 0 Å². The van der Waals surface area contributed by atoms with Crippen LogP contribution in [0.2, 0.25) is 0 Å². The van der Waals surface area contributed by atoms with Crippen molar-refractivity contribution >= 4 is 6.03 Å². The lowest BCUT2D eigenvalue weighted by Crippen LogP contribution is -2.45. The third kappa shape index (κ3) is 3.04. The minimum atomic E-state index is 0.107. The molecule has 1 saturated heterocycles. The lowest BCUT2D eigenvalue weighted by molar-refractivity contribution is 0.169. The van der Waals surface area contributed by atoms with Crippen LogP contribution >= 0.6 is 0 Å². The van der Waals surface area contributed by atoms with Gasteiger partial charge in [-0.15, -0.1) is 10.2 Å². The van der Waals surface area contributed by atoms with Gasteiger partial charge in [0, 0.05) is 32.1 Å². The standard InChI is InChI=1S/C15H25N5O/c1-2-14-18-17-11-19(14)10-8-16-15(21)20-9-7-12-5-3-4-6-13(12)20/h11-13H,2-10H2,1H3,(H,16,21)/t12-,13+/m0/s1. The molecule has 3 rings (SSSR count). The molecule has 2 atom stereocenters. The molecule has 2 fully saturated rings. The minimum absolute atomic E-state index is 0.107. The summed E-state index contributed by atoms with van der Waals surface area (Å²) in [6.07, 6.45) is 8.87. The molecule has 2 heterocycles. The molecule has 2 aliphatic rings. The number of hydrogen-bond acceptors (Lipinski definition) is 3. The zero-order chi connectivity index (χ0) is 14.7. The molecule has 21 heavy (non-hydrogen) atoms. The number of rotatable bonds is 4. The Hall–Kier alpha value is -1.59. The van der Waals surface area contributed by atoms with E-state index < -0.39 is 0 Å². The van der Waals surface area contributed by atoms with E-state index in [1.54, 1.807) is 6.33 Å². The van der Waals surface area contributed by atoms with E-state index in [-0.39, 0.29) is 6.03 Å². The molecule has 0 unspecified atom stereocenters. The first kappa shape index (κ1) is 14.4. The Morgan fingerprint density at radius 3 is 3.10 bits per heavy atom. The number of nitrogens with one attached hydrogen (secondary N) is 1. The zero-order valence-electron chi connectivity index (χ0n) is 12.8. The van der Waals surface area contributed by atoms with Crippen LogP contribution in [0, 0.1) is 5.92 Å². The highest BCUT2D eigenvalue weighted by Crippen LogP contribution is 2.35. The number of likely N-dealkylation sites (tertiary alicyclic amines) is 1. The molecule has 1 aromatic heterocycles. The first-order valence-electron chi connectivity index (χ1n) is 8.20. The minimum Gasteiger partial charge on any atom is -0.336 e. The van der Waals surface area contributed by atoms with Crippen LogP contribution in [-0.2, 0) is 13.0 Å². The maximum Gasteiger partial charge on any atom is 0.317 e. The summed E-state index contributed by atoms with van der Waals surface area (Å²) in [6.45, 7) is 4.36. The number of carbonyl (C=O) groups is 1. The van der Waals surface area contributed by atoms with E-state index in [1.165, 1.54) is 32.1 Å². The van der Waals surface area contributed by atoms with Gasteiger partial charge in [0.25, 0.3) is 0 Å². The number of fused-ring (bicyclic) bond motifs is 1. The topological polar surface area (TPSA) is 63.1 Å². The maximum atomic E-state index is 12.4. The molecule has 2 amide bonds. The summed E-state index contributed by atoms with van der Waals surface area (Å²) in [4.78, 5) is 14.4. The summed E-state index contributed by atoms with van der Waals surface area (Å²) in [6, 6.07) is 0.593. The Morgan fingerprint density at radius 2 is 2.24 bits per heavy atom. The number of carbonyl (C=O) groups excluding carboxylic acids is 1. The quantitative estimate of drug-likeness (QED) is 0.920. The maximum absolute atomic E-state index is 12.4. The summed E-state index contributed by atoms with van der Waals surface area (Å²) in [5.41, 5.74) is 0. The van der Waals surface area contributed by atoms with E-state index in [2.05, 4.69) is 27.3 Å². The van der Waals surface area contributed by atoms with Gasteiger partial charge in [-0.3, -0.25) is 0 Å². The summed E-state index contributed by atoms with van der Waals surface area (Å²) >= 11 is 0. The fourth-order valence-corrected chi connectivity index (χ4v) is 3.78. The van der Waals surface area contributed by atoms with E-state index in [1.807, 2.05) is 4.57 Å². The molecule has 0 radical (unpaired) electrons. The summed E-state index contributed by atoms with van der Waals surface area (Å²) in [7, 11) is 0. The first-order chi connectivity index (χ1) is 10.3. The van der Waals surface area contributed by atoms with Gasteiger partial charge < -0.3 is 14.8 Å². The molecule has 1 aliphatic carbocycles. The van der Waals surface area contributed by atoms with Crippen molar-refractivity contribution in [2.75, 3.05) is 13.1 Å². The molecular formula is C15H25N5O. The van der Waals surface area contributed by atoms with Crippen LogP contribution in [0.15, 0.2) is 6.33 Å². The average Bonchev–Trinajstić information content (AvgIpc) is 3.13. The Balaban J connectivity index is 1.48. The number of aryl methyl sites for hydroxylation is 1. The highest BCUT2D eigenvalue weighted by Gasteiger charge is 2.37. The lowest BCUT2D eigenvalue weighted by Gasteiger charge is -2.31. The van der Waals surface area contributed by atoms with Crippen molar-refractivity contribution in [1.82, 2.24) is 25.0 Å². The Bertz CT molecular complexity index is 486. The molecule has 1 aromatic rings. The fraction of sp³-hybridized carbons (Fsp3) is 0.800. The Labute approximate surface area is 125 Å². The highest BCUT2D eigenvalue weighted by molar-refractivity contribution is 5.74. The molecule has 6 nitrogen and oxygen atoms in total. The van der Waals surface area contributed by atoms with Gasteiger partial charge in [-0.25, -0.2) is 4.79 Å². The number of aromatic nitrogens is 3. The first-order valence-corrected chi connectivity index (χ1v) is 8.20. The van der Waals surface area contributed by atoms with Crippen LogP contribution in [0.1, 0.15) is 44.9 Å². The van der Waals surface area contributed by atoms with E-state index in [4.69, 9.17) is 0 Å². The summed E-state index contributed by atoms with van der Waals surface area (Å²) < 4.78 is 2.01. The van der Waals surface area contributed by atoms with Crippen molar-refractivity contribution in [1.29, 1.82) is 0 Å². The lowest BCUT2D eigenvalue weighted by atomic mass is 9.85. The van der Waals surface area contributed by atoms with Gasteiger partial charge in [-0.1, -0.05) is 19.8 Å². The predicted molar refractivity (Wildman–Crippen MR) is 79.9 cm³/mol. The van der Waals surface area contributed by atoms with Gasteiger partial charge in [0.1, 0.15) is 12.2 Å². The smallest absolute Gasteiger partial charge is 0.317 e. The molecular weight excluding hydrogens is 266 g/mol. The van der Waals surface area contributed by atoms with Crippen molar-refractivity contribution in [2.45, 2.75) is 58.0 Å². The van der Waals surface area contributed by atoms with E-state index >= 15 is 0 Å². The van der Waals surface area contributed by atoms with Crippen LogP contribution in [0.25, 0.3) is 0 Å². The molecule has 0 aromatic carbocycles. The van der Waals surface area contributed by atoms with E-state index in [9.17, 15) is 4.79 Å². The number of nitrogens with zero attached hydrogens (tertiary/aromatic N) is 4. The second kappa shape index (κ2) is 6.45. The molecule has 1 aliphatic heterocycles. The van der Waals surface area contributed by atoms with Crippen LogP contribution in [-0.4, -0.2) is 44.8 Å². The molecule has 0 bridgehead atoms. The SMILES string of the molecule is CCc1nncn1CCNC(=O)N1CC[C@@H]2CCCC[C@H]21. The van der Waals surface area contributed by atoms with Gasteiger partial charge in [-0.2, -0.15) is 0 Å². The Morgan fingerprint density at radius 1 is 1.38 bits per heavy atom. The fourth-order valence-electron chi connectivity index (χ4n) is 3.78. The Kier molecular flexibility index (Phi) is 4.41. The molecule has 1 N–H and O–H groups in total. The molecule has 1 saturated carbocycles. The summed E-state index contributed by atoms with van der Waals surface area (Å²) in [5, 5.41) is 11.0. The van der Waals surface area contributed by atoms with Crippen molar-refractivity contribution in [2.24, 2.45) is 5.92 Å². The molecule has 6 heteroatoms. The van der Waals surface area contributed by atoms with Gasteiger partial charge >= 0.3 is 6.03 Å². The summed E-state index contributed by atoms with van der Waals surface area (Å²) in [5.74, 6) is 1.71. The van der Waals surface area contributed by atoms with Crippen LogP contribution < -0.4 is 5.32 Å². The number of hydrogen-bond donors (Lipinski definition) is 1. The monoisotopic (exact) mass is 291 g/mol. The van der Waals surface area contributed by atoms with Crippen molar-refractivity contribution in [3.63, 3.8) is 0 Å². The largest absolute Gasteiger partial charge is 0.336 e. The highest BCUT2D eigenvalue weighted by atomic mass is 16.2. The number of urea groups is 1. The van der Waals surface area contributed by atoms with E-state index in [0.29, 0.717) is 12.6 Å². The van der Waals surface area contributed by atoms with Crippen molar-refractivity contribution < 1.29 is 4.79 Å². The second-order valence-corrected chi connectivity index (χ2v) is 6.12. The second-order valence-electron chi connectivity index (χ2n) is 6.12. The predicted octanol–water partition coefficient (Wildman–Crippen LogP) is 1.81. The third-order valence-corrected chi connectivity index (χ3v) is 4.91. The number of amides is 2. The van der Waals surface area contributed by atoms with Gasteiger partial charge in [-0.05, 0) is 25.2 Å². The van der Waals surface area contributed by atoms with Gasteiger partial charge in [0.15, 0.2) is 0 Å². The van der Waals surface area contributed by atoms with Crippen LogP contribution in [0.3, 0.4) is 0 Å². The van der Waals surface area contributed by atoms with E-state index in [0.717, 1.165) is 31.3 Å². The van der Waals surface area contributed by atoms with Crippen LogP contribution in [0.5, 0.6) is 0 Å². The average molecular weight is 291 g/mol. The normalized spacial score (nSPS) is 24.9. The van der Waals surface area contributed by atoms with Crippen LogP contribution in [0.4, 0.5) is 4.79 Å².